The van der Waals surface area contributed by atoms with Gasteiger partial charge in [0.2, 0.25) is 15.8 Å². The van der Waals surface area contributed by atoms with Crippen molar-refractivity contribution in [3.63, 3.8) is 0 Å². The SMILES string of the molecule is COc1nc(N(Cl)C(=O)c2ccccc2S(N)(=O)=O)nc(OC)c1F. The highest BCUT2D eigenvalue weighted by molar-refractivity contribution is 7.89. The number of nitrogens with two attached hydrogens (primary N) is 1. The number of sulfonamides is 1. The van der Waals surface area contributed by atoms with E-state index in [1.165, 1.54) is 18.2 Å². The third kappa shape index (κ3) is 3.78. The molecule has 0 atom stereocenters. The van der Waals surface area contributed by atoms with E-state index in [4.69, 9.17) is 26.4 Å². The molecule has 0 aliphatic carbocycles. The Morgan fingerprint density at radius 3 is 2.20 bits per heavy atom. The number of ether oxygens (including phenoxy) is 2. The third-order valence-electron chi connectivity index (χ3n) is 2.94. The van der Waals surface area contributed by atoms with Gasteiger partial charge in [-0.2, -0.15) is 18.8 Å². The van der Waals surface area contributed by atoms with E-state index in [1.54, 1.807) is 0 Å². The maximum Gasteiger partial charge on any atom is 0.276 e. The first-order chi connectivity index (χ1) is 11.7. The monoisotopic (exact) mass is 390 g/mol. The summed E-state index contributed by atoms with van der Waals surface area (Å²) in [6, 6.07) is 5.14. The second kappa shape index (κ2) is 7.17. The van der Waals surface area contributed by atoms with Crippen LogP contribution in [-0.4, -0.2) is 38.5 Å². The van der Waals surface area contributed by atoms with Gasteiger partial charge in [-0.25, -0.2) is 13.6 Å². The Balaban J connectivity index is 2.53. The number of halogens is 2. The van der Waals surface area contributed by atoms with Gasteiger partial charge in [0.1, 0.15) is 0 Å². The average molecular weight is 391 g/mol. The standard InChI is InChI=1S/C13H12ClFN4O5S/c1-23-10-9(15)11(24-2)18-13(17-10)19(14)12(20)7-5-3-4-6-8(7)25(16,21)22/h3-6H,1-2H3,(H2,16,21,22). The molecule has 12 heteroatoms. The van der Waals surface area contributed by atoms with Crippen LogP contribution in [0.3, 0.4) is 0 Å². The first kappa shape index (κ1) is 18.8. The third-order valence-corrected chi connectivity index (χ3v) is 4.22. The van der Waals surface area contributed by atoms with Gasteiger partial charge in [0.15, 0.2) is 0 Å². The summed E-state index contributed by atoms with van der Waals surface area (Å²) in [5, 5.41) is 5.08. The number of carbonyl (C=O) groups is 1. The van der Waals surface area contributed by atoms with E-state index in [2.05, 4.69) is 9.97 Å². The van der Waals surface area contributed by atoms with Crippen LogP contribution in [0.25, 0.3) is 0 Å². The Morgan fingerprint density at radius 2 is 1.72 bits per heavy atom. The quantitative estimate of drug-likeness (QED) is 0.757. The minimum Gasteiger partial charge on any atom is -0.479 e. The molecular weight excluding hydrogens is 379 g/mol. The van der Waals surface area contributed by atoms with Crippen molar-refractivity contribution in [1.29, 1.82) is 0 Å². The lowest BCUT2D eigenvalue weighted by molar-refractivity contribution is 0.100. The van der Waals surface area contributed by atoms with E-state index in [0.29, 0.717) is 4.42 Å². The van der Waals surface area contributed by atoms with Crippen molar-refractivity contribution in [2.24, 2.45) is 5.14 Å². The summed E-state index contributed by atoms with van der Waals surface area (Å²) in [4.78, 5) is 19.4. The Morgan fingerprint density at radius 1 is 1.20 bits per heavy atom. The topological polar surface area (TPSA) is 125 Å². The molecule has 1 aromatic heterocycles. The first-order valence-electron chi connectivity index (χ1n) is 6.48. The van der Waals surface area contributed by atoms with Gasteiger partial charge in [-0.1, -0.05) is 12.1 Å². The number of hydrogen-bond donors (Lipinski definition) is 1. The van der Waals surface area contributed by atoms with E-state index >= 15 is 0 Å². The summed E-state index contributed by atoms with van der Waals surface area (Å²) in [5.74, 6) is -3.50. The molecule has 1 aromatic carbocycles. The fourth-order valence-corrected chi connectivity index (χ4v) is 2.74. The highest BCUT2D eigenvalue weighted by Crippen LogP contribution is 2.28. The van der Waals surface area contributed by atoms with E-state index in [-0.39, 0.29) is 5.56 Å². The van der Waals surface area contributed by atoms with Crippen LogP contribution in [0.4, 0.5) is 10.3 Å². The van der Waals surface area contributed by atoms with Gasteiger partial charge in [0.05, 0.1) is 24.7 Å². The van der Waals surface area contributed by atoms with Gasteiger partial charge in [0, 0.05) is 11.8 Å². The van der Waals surface area contributed by atoms with Crippen molar-refractivity contribution in [3.05, 3.63) is 35.6 Å². The van der Waals surface area contributed by atoms with Crippen molar-refractivity contribution in [2.75, 3.05) is 18.6 Å². The van der Waals surface area contributed by atoms with Crippen molar-refractivity contribution < 1.29 is 27.1 Å². The Kier molecular flexibility index (Phi) is 5.40. The molecule has 25 heavy (non-hydrogen) atoms. The molecule has 0 radical (unpaired) electrons. The van der Waals surface area contributed by atoms with E-state index in [0.717, 1.165) is 20.3 Å². The van der Waals surface area contributed by atoms with Crippen LogP contribution in [-0.2, 0) is 10.0 Å². The molecule has 0 saturated carbocycles. The molecule has 134 valence electrons. The molecule has 0 bridgehead atoms. The summed E-state index contributed by atoms with van der Waals surface area (Å²) < 4.78 is 46.9. The van der Waals surface area contributed by atoms with Crippen molar-refractivity contribution in [1.82, 2.24) is 9.97 Å². The number of carbonyl (C=O) groups excluding carboxylic acids is 1. The van der Waals surface area contributed by atoms with Crippen LogP contribution in [0.15, 0.2) is 29.2 Å². The zero-order chi connectivity index (χ0) is 18.8. The zero-order valence-corrected chi connectivity index (χ0v) is 14.5. The average Bonchev–Trinajstić information content (AvgIpc) is 2.60. The second-order valence-corrected chi connectivity index (χ2v) is 6.35. The summed E-state index contributed by atoms with van der Waals surface area (Å²) >= 11 is 5.91. The van der Waals surface area contributed by atoms with Crippen molar-refractivity contribution in [3.8, 4) is 11.8 Å². The van der Waals surface area contributed by atoms with E-state index < -0.39 is 44.4 Å². The van der Waals surface area contributed by atoms with E-state index in [1.807, 2.05) is 0 Å². The Hall–Kier alpha value is -2.50. The van der Waals surface area contributed by atoms with Crippen molar-refractivity contribution >= 4 is 33.7 Å². The number of anilines is 1. The van der Waals surface area contributed by atoms with Crippen LogP contribution in [0, 0.1) is 5.82 Å². The van der Waals surface area contributed by atoms with Crippen LogP contribution < -0.4 is 19.0 Å². The molecule has 9 nitrogen and oxygen atoms in total. The number of primary sulfonamides is 1. The van der Waals surface area contributed by atoms with Crippen LogP contribution in [0.1, 0.15) is 10.4 Å². The van der Waals surface area contributed by atoms with Crippen LogP contribution in [0.5, 0.6) is 11.8 Å². The van der Waals surface area contributed by atoms with Gasteiger partial charge in [-0.15, -0.1) is 0 Å². The highest BCUT2D eigenvalue weighted by Gasteiger charge is 2.27. The molecule has 2 aromatic rings. The molecule has 0 saturated heterocycles. The number of benzene rings is 1. The summed E-state index contributed by atoms with van der Waals surface area (Å²) in [6.07, 6.45) is 0. The number of nitrogens with zero attached hydrogens (tertiary/aromatic N) is 3. The molecule has 2 N–H and O–H groups in total. The zero-order valence-electron chi connectivity index (χ0n) is 12.9. The van der Waals surface area contributed by atoms with Crippen LogP contribution in [0.2, 0.25) is 0 Å². The lowest BCUT2D eigenvalue weighted by atomic mass is 10.2. The predicted octanol–water partition coefficient (Wildman–Crippen LogP) is 1.08. The number of hydrogen-bond acceptors (Lipinski definition) is 7. The maximum absolute atomic E-state index is 13.8. The number of methoxy groups -OCH3 is 2. The molecule has 1 heterocycles. The Bertz CT molecular complexity index is 899. The van der Waals surface area contributed by atoms with E-state index in [9.17, 15) is 17.6 Å². The summed E-state index contributed by atoms with van der Waals surface area (Å²) in [6.45, 7) is 0. The fourth-order valence-electron chi connectivity index (χ4n) is 1.84. The predicted molar refractivity (Wildman–Crippen MR) is 85.6 cm³/mol. The highest BCUT2D eigenvalue weighted by atomic mass is 35.5. The maximum atomic E-state index is 13.8. The van der Waals surface area contributed by atoms with Gasteiger partial charge in [-0.05, 0) is 12.1 Å². The largest absolute Gasteiger partial charge is 0.479 e. The second-order valence-electron chi connectivity index (χ2n) is 4.48. The molecule has 0 aliphatic heterocycles. The molecule has 1 amide bonds. The molecular formula is C13H12ClFN4O5S. The number of aromatic nitrogens is 2. The molecule has 0 spiro atoms. The molecule has 0 fully saturated rings. The lowest BCUT2D eigenvalue weighted by Crippen LogP contribution is -2.26. The smallest absolute Gasteiger partial charge is 0.276 e. The number of rotatable bonds is 5. The van der Waals surface area contributed by atoms with Crippen molar-refractivity contribution in [2.45, 2.75) is 4.90 Å². The summed E-state index contributed by atoms with van der Waals surface area (Å²) in [5.41, 5.74) is -0.314. The molecule has 0 aliphatic rings. The molecule has 2 rings (SSSR count). The van der Waals surface area contributed by atoms with Gasteiger partial charge >= 0.3 is 0 Å². The van der Waals surface area contributed by atoms with Crippen LogP contribution >= 0.6 is 11.8 Å². The fraction of sp³-hybridized carbons (Fsp3) is 0.154. The van der Waals surface area contributed by atoms with Gasteiger partial charge < -0.3 is 9.47 Å². The lowest BCUT2D eigenvalue weighted by Gasteiger charge is -2.15. The minimum absolute atomic E-state index is 0.314. The Labute approximate surface area is 147 Å². The minimum atomic E-state index is -4.18. The first-order valence-corrected chi connectivity index (χ1v) is 8.36. The van der Waals surface area contributed by atoms with Gasteiger partial charge in [-0.3, -0.25) is 4.79 Å². The van der Waals surface area contributed by atoms with Gasteiger partial charge in [0.25, 0.3) is 23.6 Å². The number of amides is 1. The normalized spacial score (nSPS) is 11.1. The summed E-state index contributed by atoms with van der Waals surface area (Å²) in [7, 11) is -1.89. The molecule has 0 unspecified atom stereocenters.